The highest BCUT2D eigenvalue weighted by Gasteiger charge is 2.59. The van der Waals surface area contributed by atoms with E-state index in [-0.39, 0.29) is 40.5 Å². The van der Waals surface area contributed by atoms with E-state index < -0.39 is 4.92 Å². The molecule has 1 aliphatic heterocycles. The second-order valence-electron chi connectivity index (χ2n) is 5.67. The zero-order valence-electron chi connectivity index (χ0n) is 11.3. The van der Waals surface area contributed by atoms with E-state index in [4.69, 9.17) is 0 Å². The fourth-order valence-electron chi connectivity index (χ4n) is 3.62. The van der Waals surface area contributed by atoms with Gasteiger partial charge in [-0.1, -0.05) is 23.5 Å². The summed E-state index contributed by atoms with van der Waals surface area (Å²) in [6.45, 7) is 0. The summed E-state index contributed by atoms with van der Waals surface area (Å²) in [6, 6.07) is 2.92. The lowest BCUT2D eigenvalue weighted by Crippen LogP contribution is -2.28. The maximum atomic E-state index is 12.4. The molecular formula is C14H11N3O4S. The number of carbonyl (C=O) groups is 2. The topological polar surface area (TPSA) is 92.9 Å². The van der Waals surface area contributed by atoms with Crippen LogP contribution < -0.4 is 0 Å². The highest BCUT2D eigenvalue weighted by atomic mass is 32.1. The van der Waals surface area contributed by atoms with Crippen LogP contribution in [0.25, 0.3) is 0 Å². The fourth-order valence-corrected chi connectivity index (χ4v) is 4.31. The molecule has 1 saturated carbocycles. The first-order valence-electron chi connectivity index (χ1n) is 6.90. The van der Waals surface area contributed by atoms with E-state index in [1.54, 1.807) is 6.07 Å². The van der Waals surface area contributed by atoms with Crippen molar-refractivity contribution < 1.29 is 14.5 Å². The highest BCUT2D eigenvalue weighted by Crippen LogP contribution is 2.52. The third-order valence-corrected chi connectivity index (χ3v) is 5.51. The lowest BCUT2D eigenvalue weighted by atomic mass is 9.85. The minimum Gasteiger partial charge on any atom is -0.272 e. The fraction of sp³-hybridized carbons (Fsp3) is 0.357. The summed E-state index contributed by atoms with van der Waals surface area (Å²) in [5.74, 6) is -0.776. The van der Waals surface area contributed by atoms with Crippen molar-refractivity contribution in [3.8, 4) is 0 Å². The summed E-state index contributed by atoms with van der Waals surface area (Å²) in [7, 11) is 0. The van der Waals surface area contributed by atoms with Crippen LogP contribution >= 0.6 is 11.3 Å². The smallest absolute Gasteiger partial charge is 0.272 e. The molecule has 4 rings (SSSR count). The van der Waals surface area contributed by atoms with E-state index in [1.807, 2.05) is 12.2 Å². The Morgan fingerprint density at radius 3 is 2.41 bits per heavy atom. The second-order valence-corrected chi connectivity index (χ2v) is 6.76. The number of rotatable bonds is 3. The van der Waals surface area contributed by atoms with Gasteiger partial charge >= 0.3 is 5.00 Å². The predicted molar refractivity (Wildman–Crippen MR) is 78.1 cm³/mol. The molecule has 0 unspecified atom stereocenters. The van der Waals surface area contributed by atoms with Crippen molar-refractivity contribution >= 4 is 34.4 Å². The number of hydrogen-bond donors (Lipinski definition) is 0. The molecule has 2 aliphatic carbocycles. The van der Waals surface area contributed by atoms with E-state index in [2.05, 4.69) is 5.10 Å². The highest BCUT2D eigenvalue weighted by molar-refractivity contribution is 7.16. The third-order valence-electron chi connectivity index (χ3n) is 4.54. The van der Waals surface area contributed by atoms with E-state index in [0.717, 1.165) is 22.8 Å². The molecule has 112 valence electrons. The molecule has 0 spiro atoms. The van der Waals surface area contributed by atoms with Crippen molar-refractivity contribution in [1.82, 2.24) is 5.01 Å². The van der Waals surface area contributed by atoms with Gasteiger partial charge in [-0.15, -0.1) is 0 Å². The Morgan fingerprint density at radius 1 is 1.23 bits per heavy atom. The molecule has 0 radical (unpaired) electrons. The monoisotopic (exact) mass is 317 g/mol. The number of nitrogens with zero attached hydrogens (tertiary/aromatic N) is 3. The average molecular weight is 317 g/mol. The van der Waals surface area contributed by atoms with E-state index in [9.17, 15) is 19.7 Å². The van der Waals surface area contributed by atoms with Crippen LogP contribution in [0.1, 0.15) is 11.3 Å². The largest absolute Gasteiger partial charge is 0.324 e. The molecule has 22 heavy (non-hydrogen) atoms. The molecule has 1 saturated heterocycles. The van der Waals surface area contributed by atoms with Gasteiger partial charge < -0.3 is 0 Å². The van der Waals surface area contributed by atoms with Crippen LogP contribution in [0.15, 0.2) is 29.4 Å². The number of imide groups is 1. The molecule has 3 aliphatic rings. The molecule has 2 bridgehead atoms. The van der Waals surface area contributed by atoms with Crippen LogP contribution in [-0.4, -0.2) is 28.0 Å². The average Bonchev–Trinajstić information content (AvgIpc) is 3.23. The van der Waals surface area contributed by atoms with Crippen LogP contribution in [0.4, 0.5) is 5.00 Å². The minimum atomic E-state index is -0.484. The van der Waals surface area contributed by atoms with Crippen LogP contribution in [0.2, 0.25) is 0 Å². The minimum absolute atomic E-state index is 0.000334. The number of carbonyl (C=O) groups excluding carboxylic acids is 2. The Hall–Kier alpha value is -2.35. The first-order valence-corrected chi connectivity index (χ1v) is 7.72. The molecule has 0 N–H and O–H groups in total. The molecule has 7 nitrogen and oxygen atoms in total. The van der Waals surface area contributed by atoms with Gasteiger partial charge in [-0.2, -0.15) is 10.1 Å². The Balaban J connectivity index is 1.56. The Kier molecular flexibility index (Phi) is 2.77. The van der Waals surface area contributed by atoms with E-state index in [0.29, 0.717) is 4.88 Å². The van der Waals surface area contributed by atoms with Gasteiger partial charge in [0.15, 0.2) is 0 Å². The Labute approximate surface area is 129 Å². The second kappa shape index (κ2) is 4.57. The zero-order valence-corrected chi connectivity index (χ0v) is 12.1. The van der Waals surface area contributed by atoms with Gasteiger partial charge in [0.05, 0.1) is 27.9 Å². The van der Waals surface area contributed by atoms with Crippen molar-refractivity contribution in [3.05, 3.63) is 39.3 Å². The molecule has 1 aromatic rings. The summed E-state index contributed by atoms with van der Waals surface area (Å²) in [6.07, 6.45) is 6.26. The van der Waals surface area contributed by atoms with Gasteiger partial charge in [-0.3, -0.25) is 19.7 Å². The first kappa shape index (κ1) is 13.3. The van der Waals surface area contributed by atoms with Crippen molar-refractivity contribution in [1.29, 1.82) is 0 Å². The number of hydrazone groups is 1. The van der Waals surface area contributed by atoms with E-state index in [1.165, 1.54) is 12.3 Å². The molecule has 8 heteroatoms. The van der Waals surface area contributed by atoms with Crippen molar-refractivity contribution in [2.75, 3.05) is 0 Å². The number of allylic oxidation sites excluding steroid dienone is 2. The maximum absolute atomic E-state index is 12.4. The van der Waals surface area contributed by atoms with Crippen LogP contribution in [0, 0.1) is 33.8 Å². The summed E-state index contributed by atoms with van der Waals surface area (Å²) in [5.41, 5.74) is 0. The van der Waals surface area contributed by atoms with Gasteiger partial charge in [0.2, 0.25) is 0 Å². The third kappa shape index (κ3) is 1.77. The van der Waals surface area contributed by atoms with Crippen molar-refractivity contribution in [2.45, 2.75) is 6.42 Å². The number of hydrogen-bond acceptors (Lipinski definition) is 6. The summed E-state index contributed by atoms with van der Waals surface area (Å²) >= 11 is 0.952. The predicted octanol–water partition coefficient (Wildman–Crippen LogP) is 1.80. The summed E-state index contributed by atoms with van der Waals surface area (Å²) in [4.78, 5) is 35.4. The van der Waals surface area contributed by atoms with Gasteiger partial charge in [0, 0.05) is 6.07 Å². The standard InChI is InChI=1S/C14H11N3O4S/c18-13-11-7-1-2-8(5-7)12(11)14(19)16(13)15-6-9-3-4-10(22-9)17(20)21/h1-4,6-8,11-12H,5H2/b15-6-/t7-,8-,11-,12+/m1/s1. The van der Waals surface area contributed by atoms with Gasteiger partial charge in [-0.25, -0.2) is 0 Å². The van der Waals surface area contributed by atoms with E-state index >= 15 is 0 Å². The normalized spacial score (nSPS) is 32.5. The molecule has 2 amide bonds. The molecule has 2 heterocycles. The van der Waals surface area contributed by atoms with Crippen LogP contribution in [0.3, 0.4) is 0 Å². The van der Waals surface area contributed by atoms with Crippen LogP contribution in [0.5, 0.6) is 0 Å². The van der Waals surface area contributed by atoms with Crippen LogP contribution in [-0.2, 0) is 9.59 Å². The number of amides is 2. The molecule has 0 aromatic carbocycles. The Morgan fingerprint density at radius 2 is 1.86 bits per heavy atom. The molecule has 4 atom stereocenters. The van der Waals surface area contributed by atoms with Gasteiger partial charge in [0.1, 0.15) is 0 Å². The van der Waals surface area contributed by atoms with Crippen molar-refractivity contribution in [3.63, 3.8) is 0 Å². The van der Waals surface area contributed by atoms with Gasteiger partial charge in [-0.05, 0) is 24.3 Å². The SMILES string of the molecule is O=C1[C@@H]2[C@H](C(=O)N1/N=C\c1ccc([N+](=O)[O-])s1)[C@@H]1C=C[C@@H]2C1. The molecular weight excluding hydrogens is 306 g/mol. The van der Waals surface area contributed by atoms with Crippen molar-refractivity contribution in [2.24, 2.45) is 28.8 Å². The molecule has 1 aromatic heterocycles. The zero-order chi connectivity index (χ0) is 15.4. The maximum Gasteiger partial charge on any atom is 0.324 e. The van der Waals surface area contributed by atoms with Gasteiger partial charge in [0.25, 0.3) is 11.8 Å². The lowest BCUT2D eigenvalue weighted by molar-refractivity contribution is -0.380. The lowest BCUT2D eigenvalue weighted by Gasteiger charge is -2.13. The number of fused-ring (bicyclic) bond motifs is 5. The quantitative estimate of drug-likeness (QED) is 0.279. The Bertz CT molecular complexity index is 723. The summed E-state index contributed by atoms with van der Waals surface area (Å²) in [5, 5.41) is 15.6. The molecule has 2 fully saturated rings. The number of nitro groups is 1. The number of thiophene rings is 1. The summed E-state index contributed by atoms with van der Waals surface area (Å²) < 4.78 is 0. The first-order chi connectivity index (χ1) is 10.6.